The molecule has 0 saturated heterocycles. The molecule has 0 radical (unpaired) electrons. The van der Waals surface area contributed by atoms with Gasteiger partial charge in [0.2, 0.25) is 5.88 Å². The number of methoxy groups -OCH3 is 1. The molecule has 1 atom stereocenters. The van der Waals surface area contributed by atoms with Crippen molar-refractivity contribution in [2.75, 3.05) is 7.11 Å². The van der Waals surface area contributed by atoms with Gasteiger partial charge in [-0.1, -0.05) is 42.5 Å². The smallest absolute Gasteiger partial charge is 0.257 e. The number of nitrogens with one attached hydrogen (secondary N) is 1. The zero-order chi connectivity index (χ0) is 15.2. The Bertz CT molecular complexity index is 646. The van der Waals surface area contributed by atoms with Crippen LogP contribution in [0.25, 0.3) is 0 Å². The summed E-state index contributed by atoms with van der Waals surface area (Å²) in [4.78, 5) is 16.6. The SMILES string of the molecule is COc1ncccc1C(=O)NC(C(N)=S)c1ccccc1. The molecule has 1 heterocycles. The number of hydrogen-bond acceptors (Lipinski definition) is 4. The maximum atomic E-state index is 12.4. The minimum Gasteiger partial charge on any atom is -0.480 e. The first-order valence-electron chi connectivity index (χ1n) is 6.27. The van der Waals surface area contributed by atoms with Crippen LogP contribution in [0.3, 0.4) is 0 Å². The topological polar surface area (TPSA) is 77.2 Å². The maximum Gasteiger partial charge on any atom is 0.257 e. The second-order valence-corrected chi connectivity index (χ2v) is 4.75. The van der Waals surface area contributed by atoms with Crippen LogP contribution in [0.1, 0.15) is 22.0 Å². The van der Waals surface area contributed by atoms with E-state index in [1.807, 2.05) is 30.3 Å². The van der Waals surface area contributed by atoms with Crippen molar-refractivity contribution in [3.05, 3.63) is 59.8 Å². The molecule has 0 aliphatic heterocycles. The van der Waals surface area contributed by atoms with E-state index in [-0.39, 0.29) is 16.8 Å². The molecule has 21 heavy (non-hydrogen) atoms. The third-order valence-electron chi connectivity index (χ3n) is 2.90. The number of pyridine rings is 1. The molecular weight excluding hydrogens is 286 g/mol. The molecule has 3 N–H and O–H groups in total. The minimum atomic E-state index is -0.543. The number of rotatable bonds is 5. The third-order valence-corrected chi connectivity index (χ3v) is 3.14. The van der Waals surface area contributed by atoms with E-state index >= 15 is 0 Å². The second-order valence-electron chi connectivity index (χ2n) is 4.28. The van der Waals surface area contributed by atoms with Gasteiger partial charge in [-0.15, -0.1) is 0 Å². The molecule has 5 nitrogen and oxygen atoms in total. The van der Waals surface area contributed by atoms with Crippen LogP contribution in [0, 0.1) is 0 Å². The van der Waals surface area contributed by atoms with Crippen LogP contribution in [0.15, 0.2) is 48.7 Å². The van der Waals surface area contributed by atoms with Gasteiger partial charge >= 0.3 is 0 Å². The molecule has 0 aliphatic rings. The van der Waals surface area contributed by atoms with E-state index in [1.165, 1.54) is 7.11 Å². The van der Waals surface area contributed by atoms with Gasteiger partial charge in [-0.3, -0.25) is 4.79 Å². The summed E-state index contributed by atoms with van der Waals surface area (Å²) in [6.45, 7) is 0. The highest BCUT2D eigenvalue weighted by Gasteiger charge is 2.20. The van der Waals surface area contributed by atoms with Crippen LogP contribution in [0.5, 0.6) is 5.88 Å². The normalized spacial score (nSPS) is 11.5. The molecule has 108 valence electrons. The molecule has 1 unspecified atom stereocenters. The molecule has 2 rings (SSSR count). The molecule has 1 aromatic heterocycles. The molecule has 6 heteroatoms. The van der Waals surface area contributed by atoms with Gasteiger partial charge in [-0.2, -0.15) is 0 Å². The number of carbonyl (C=O) groups excluding carboxylic acids is 1. The van der Waals surface area contributed by atoms with Crippen molar-refractivity contribution in [1.29, 1.82) is 0 Å². The summed E-state index contributed by atoms with van der Waals surface area (Å²) in [6, 6.07) is 12.0. The van der Waals surface area contributed by atoms with Crippen LogP contribution < -0.4 is 15.8 Å². The maximum absolute atomic E-state index is 12.4. The highest BCUT2D eigenvalue weighted by atomic mass is 32.1. The monoisotopic (exact) mass is 301 g/mol. The van der Waals surface area contributed by atoms with Gasteiger partial charge in [0.15, 0.2) is 0 Å². The lowest BCUT2D eigenvalue weighted by Gasteiger charge is -2.18. The van der Waals surface area contributed by atoms with E-state index in [1.54, 1.807) is 18.3 Å². The Morgan fingerprint density at radius 3 is 2.62 bits per heavy atom. The standard InChI is InChI=1S/C15H15N3O2S/c1-20-15-11(8-5-9-17-15)14(19)18-12(13(16)21)10-6-3-2-4-7-10/h2-9,12H,1H3,(H2,16,21)(H,18,19). The van der Waals surface area contributed by atoms with Crippen LogP contribution in [0.2, 0.25) is 0 Å². The molecular formula is C15H15N3O2S. The minimum absolute atomic E-state index is 0.192. The quantitative estimate of drug-likeness (QED) is 0.824. The van der Waals surface area contributed by atoms with E-state index in [0.717, 1.165) is 5.56 Å². The van der Waals surface area contributed by atoms with E-state index in [4.69, 9.17) is 22.7 Å². The molecule has 0 aliphatic carbocycles. The van der Waals surface area contributed by atoms with Gasteiger partial charge in [0.25, 0.3) is 5.91 Å². The Hall–Kier alpha value is -2.47. The fourth-order valence-corrected chi connectivity index (χ4v) is 2.09. The summed E-state index contributed by atoms with van der Waals surface area (Å²) in [7, 11) is 1.46. The average molecular weight is 301 g/mol. The van der Waals surface area contributed by atoms with Gasteiger partial charge < -0.3 is 15.8 Å². The lowest BCUT2D eigenvalue weighted by molar-refractivity contribution is 0.0943. The number of hydrogen-bond donors (Lipinski definition) is 2. The number of carbonyl (C=O) groups is 1. The van der Waals surface area contributed by atoms with E-state index in [2.05, 4.69) is 10.3 Å². The van der Waals surface area contributed by atoms with Gasteiger partial charge in [-0.05, 0) is 17.7 Å². The average Bonchev–Trinajstić information content (AvgIpc) is 2.52. The van der Waals surface area contributed by atoms with Crippen molar-refractivity contribution >= 4 is 23.1 Å². The van der Waals surface area contributed by atoms with Gasteiger partial charge in [0.05, 0.1) is 7.11 Å². The summed E-state index contributed by atoms with van der Waals surface area (Å²) in [6.07, 6.45) is 1.55. The number of nitrogens with two attached hydrogens (primary N) is 1. The zero-order valence-electron chi connectivity index (χ0n) is 11.4. The lowest BCUT2D eigenvalue weighted by Crippen LogP contribution is -2.36. The van der Waals surface area contributed by atoms with E-state index in [9.17, 15) is 4.79 Å². The summed E-state index contributed by atoms with van der Waals surface area (Å²) in [5.41, 5.74) is 6.89. The molecule has 1 aromatic carbocycles. The lowest BCUT2D eigenvalue weighted by atomic mass is 10.1. The summed E-state index contributed by atoms with van der Waals surface area (Å²) in [5, 5.41) is 2.80. The second kappa shape index (κ2) is 6.81. The number of amides is 1. The molecule has 0 fully saturated rings. The van der Waals surface area contributed by atoms with Crippen molar-refractivity contribution in [2.24, 2.45) is 5.73 Å². The summed E-state index contributed by atoms with van der Waals surface area (Å²) < 4.78 is 5.08. The van der Waals surface area contributed by atoms with Crippen molar-refractivity contribution in [3.8, 4) is 5.88 Å². The van der Waals surface area contributed by atoms with Gasteiger partial charge in [0.1, 0.15) is 16.6 Å². The Labute approximate surface area is 128 Å². The number of benzene rings is 1. The predicted molar refractivity (Wildman–Crippen MR) is 84.2 cm³/mol. The van der Waals surface area contributed by atoms with Crippen molar-refractivity contribution < 1.29 is 9.53 Å². The van der Waals surface area contributed by atoms with Crippen LogP contribution in [0.4, 0.5) is 0 Å². The summed E-state index contributed by atoms with van der Waals surface area (Å²) in [5.74, 6) is -0.0913. The first-order valence-corrected chi connectivity index (χ1v) is 6.68. The van der Waals surface area contributed by atoms with Crippen LogP contribution in [-0.2, 0) is 0 Å². The van der Waals surface area contributed by atoms with Crippen LogP contribution >= 0.6 is 12.2 Å². The first kappa shape index (κ1) is 14.9. The number of ether oxygens (including phenoxy) is 1. The predicted octanol–water partition coefficient (Wildman–Crippen LogP) is 1.85. The third kappa shape index (κ3) is 3.55. The Balaban J connectivity index is 2.25. The van der Waals surface area contributed by atoms with Crippen molar-refractivity contribution in [1.82, 2.24) is 10.3 Å². The van der Waals surface area contributed by atoms with E-state index in [0.29, 0.717) is 5.56 Å². The Kier molecular flexibility index (Phi) is 4.84. The van der Waals surface area contributed by atoms with E-state index < -0.39 is 6.04 Å². The fraction of sp³-hybridized carbons (Fsp3) is 0.133. The molecule has 1 amide bonds. The Morgan fingerprint density at radius 1 is 1.29 bits per heavy atom. The van der Waals surface area contributed by atoms with Gasteiger partial charge in [0, 0.05) is 6.20 Å². The number of nitrogens with zero attached hydrogens (tertiary/aromatic N) is 1. The molecule has 0 saturated carbocycles. The summed E-state index contributed by atoms with van der Waals surface area (Å²) >= 11 is 5.04. The molecule has 2 aromatic rings. The number of aromatic nitrogens is 1. The Morgan fingerprint density at radius 2 is 2.00 bits per heavy atom. The highest BCUT2D eigenvalue weighted by molar-refractivity contribution is 7.80. The number of thiocarbonyl (C=S) groups is 1. The van der Waals surface area contributed by atoms with Crippen molar-refractivity contribution in [3.63, 3.8) is 0 Å². The molecule has 0 spiro atoms. The van der Waals surface area contributed by atoms with Crippen molar-refractivity contribution in [2.45, 2.75) is 6.04 Å². The highest BCUT2D eigenvalue weighted by Crippen LogP contribution is 2.17. The molecule has 0 bridgehead atoms. The zero-order valence-corrected chi connectivity index (χ0v) is 12.3. The first-order chi connectivity index (χ1) is 10.1. The van der Waals surface area contributed by atoms with Gasteiger partial charge in [-0.25, -0.2) is 4.98 Å². The fourth-order valence-electron chi connectivity index (χ4n) is 1.90. The largest absolute Gasteiger partial charge is 0.480 e. The van der Waals surface area contributed by atoms with Crippen LogP contribution in [-0.4, -0.2) is 23.0 Å².